The van der Waals surface area contributed by atoms with Gasteiger partial charge in [-0.15, -0.1) is 11.3 Å². The molecule has 0 bridgehead atoms. The highest BCUT2D eigenvalue weighted by molar-refractivity contribution is 7.26. The lowest BCUT2D eigenvalue weighted by Gasteiger charge is -2.12. The number of hydrogen-bond donors (Lipinski definition) is 0. The van der Waals surface area contributed by atoms with E-state index in [0.29, 0.717) is 0 Å². The summed E-state index contributed by atoms with van der Waals surface area (Å²) < 4.78 is 6.07. The van der Waals surface area contributed by atoms with Crippen molar-refractivity contribution in [3.63, 3.8) is 0 Å². The van der Waals surface area contributed by atoms with Crippen molar-refractivity contribution in [2.45, 2.75) is 13.3 Å². The van der Waals surface area contributed by atoms with E-state index in [-0.39, 0.29) is 0 Å². The standard InChI is InChI=1S/C39H27N3S/c1-2-27-24-26-14-6-10-18-33(26)41(27)28-20-22-29(23-21-28)42-34-19-11-8-16-31(34)36-35-30-15-7-9-17-32(30)40-37(38(35)43-39(36)42)25-12-4-3-5-13-25/h3-24H,2H2,1H3. The number of aromatic nitrogens is 3. The van der Waals surface area contributed by atoms with E-state index in [2.05, 4.69) is 150 Å². The molecule has 0 fully saturated rings. The molecule has 4 heteroatoms. The fourth-order valence-corrected chi connectivity index (χ4v) is 8.15. The minimum Gasteiger partial charge on any atom is -0.314 e. The van der Waals surface area contributed by atoms with Gasteiger partial charge < -0.3 is 9.13 Å². The summed E-state index contributed by atoms with van der Waals surface area (Å²) in [5.41, 5.74) is 9.36. The van der Waals surface area contributed by atoms with Crippen molar-refractivity contribution in [3.8, 4) is 22.6 Å². The molecule has 204 valence electrons. The number of pyridine rings is 1. The lowest BCUT2D eigenvalue weighted by atomic mass is 10.0. The molecule has 0 spiro atoms. The van der Waals surface area contributed by atoms with Gasteiger partial charge in [-0.05, 0) is 55.0 Å². The number of nitrogens with zero attached hydrogens (tertiary/aromatic N) is 3. The van der Waals surface area contributed by atoms with Crippen molar-refractivity contribution >= 4 is 64.3 Å². The minimum absolute atomic E-state index is 0.979. The third-order valence-corrected chi connectivity index (χ3v) is 9.87. The molecule has 0 saturated carbocycles. The van der Waals surface area contributed by atoms with Crippen LogP contribution in [0, 0.1) is 0 Å². The van der Waals surface area contributed by atoms with E-state index in [4.69, 9.17) is 4.98 Å². The maximum Gasteiger partial charge on any atom is 0.109 e. The second-order valence-electron chi connectivity index (χ2n) is 11.1. The van der Waals surface area contributed by atoms with Crippen LogP contribution in [0.3, 0.4) is 0 Å². The molecule has 4 heterocycles. The first kappa shape index (κ1) is 24.4. The van der Waals surface area contributed by atoms with Gasteiger partial charge in [0.25, 0.3) is 0 Å². The highest BCUT2D eigenvalue weighted by Gasteiger charge is 2.22. The molecule has 0 aliphatic heterocycles. The molecule has 3 nitrogen and oxygen atoms in total. The van der Waals surface area contributed by atoms with Crippen LogP contribution in [0.1, 0.15) is 12.6 Å². The van der Waals surface area contributed by atoms with Crippen molar-refractivity contribution in [1.82, 2.24) is 14.1 Å². The first-order valence-corrected chi connectivity index (χ1v) is 15.6. The number of fused-ring (bicyclic) bond motifs is 8. The average Bonchev–Trinajstić information content (AvgIpc) is 3.74. The molecule has 0 amide bonds. The predicted octanol–water partition coefficient (Wildman–Crippen LogP) is 10.7. The van der Waals surface area contributed by atoms with Gasteiger partial charge in [-0.25, -0.2) is 4.98 Å². The summed E-state index contributed by atoms with van der Waals surface area (Å²) in [7, 11) is 0. The van der Waals surface area contributed by atoms with Gasteiger partial charge in [-0.3, -0.25) is 0 Å². The molecular formula is C39H27N3S. The zero-order valence-electron chi connectivity index (χ0n) is 23.7. The van der Waals surface area contributed by atoms with E-state index in [1.54, 1.807) is 0 Å². The summed E-state index contributed by atoms with van der Waals surface area (Å²) in [6.45, 7) is 2.23. The Balaban J connectivity index is 1.33. The predicted molar refractivity (Wildman–Crippen MR) is 183 cm³/mol. The molecule has 0 radical (unpaired) electrons. The van der Waals surface area contributed by atoms with Crippen molar-refractivity contribution in [2.24, 2.45) is 0 Å². The summed E-state index contributed by atoms with van der Waals surface area (Å²) in [6, 6.07) is 48.0. The Bertz CT molecular complexity index is 2480. The van der Waals surface area contributed by atoms with Crippen LogP contribution in [0.15, 0.2) is 133 Å². The van der Waals surface area contributed by atoms with Crippen LogP contribution in [-0.2, 0) is 6.42 Å². The Morgan fingerprint density at radius 1 is 0.605 bits per heavy atom. The van der Waals surface area contributed by atoms with E-state index in [9.17, 15) is 0 Å². The van der Waals surface area contributed by atoms with Gasteiger partial charge >= 0.3 is 0 Å². The molecule has 5 aromatic carbocycles. The Morgan fingerprint density at radius 3 is 2.05 bits per heavy atom. The summed E-state index contributed by atoms with van der Waals surface area (Å²) in [4.78, 5) is 6.46. The van der Waals surface area contributed by atoms with Crippen LogP contribution in [0.5, 0.6) is 0 Å². The minimum atomic E-state index is 0.979. The lowest BCUT2D eigenvalue weighted by molar-refractivity contribution is 0.959. The first-order chi connectivity index (χ1) is 21.3. The van der Waals surface area contributed by atoms with Gasteiger partial charge in [0.2, 0.25) is 0 Å². The zero-order chi connectivity index (χ0) is 28.5. The van der Waals surface area contributed by atoms with E-state index in [1.165, 1.54) is 58.9 Å². The van der Waals surface area contributed by atoms with Crippen LogP contribution >= 0.6 is 11.3 Å². The van der Waals surface area contributed by atoms with E-state index >= 15 is 0 Å². The Hall–Kier alpha value is -5.19. The van der Waals surface area contributed by atoms with Crippen molar-refractivity contribution < 1.29 is 0 Å². The van der Waals surface area contributed by atoms with Crippen LogP contribution in [0.2, 0.25) is 0 Å². The lowest BCUT2D eigenvalue weighted by Crippen LogP contribution is -2.00. The largest absolute Gasteiger partial charge is 0.314 e. The fraction of sp³-hybridized carbons (Fsp3) is 0.0513. The van der Waals surface area contributed by atoms with E-state index < -0.39 is 0 Å². The number of para-hydroxylation sites is 3. The molecule has 0 N–H and O–H groups in total. The Labute approximate surface area is 252 Å². The average molecular weight is 570 g/mol. The second kappa shape index (κ2) is 9.41. The Morgan fingerprint density at radius 2 is 1.26 bits per heavy atom. The van der Waals surface area contributed by atoms with Crippen LogP contribution < -0.4 is 0 Å². The zero-order valence-corrected chi connectivity index (χ0v) is 24.5. The van der Waals surface area contributed by atoms with Gasteiger partial charge in [0.1, 0.15) is 4.83 Å². The molecule has 0 atom stereocenters. The molecule has 0 aliphatic rings. The van der Waals surface area contributed by atoms with E-state index in [1.807, 2.05) is 11.3 Å². The summed E-state index contributed by atoms with van der Waals surface area (Å²) in [5.74, 6) is 0. The van der Waals surface area contributed by atoms with Crippen molar-refractivity contribution in [2.75, 3.05) is 0 Å². The number of aryl methyl sites for hydroxylation is 1. The molecule has 9 aromatic rings. The molecule has 9 rings (SSSR count). The van der Waals surface area contributed by atoms with Gasteiger partial charge in [0, 0.05) is 49.6 Å². The number of benzene rings is 5. The van der Waals surface area contributed by atoms with Gasteiger partial charge in [0.15, 0.2) is 0 Å². The first-order valence-electron chi connectivity index (χ1n) is 14.8. The molecular weight excluding hydrogens is 543 g/mol. The quantitative estimate of drug-likeness (QED) is 0.207. The second-order valence-corrected chi connectivity index (χ2v) is 12.1. The molecule has 0 saturated heterocycles. The smallest absolute Gasteiger partial charge is 0.109 e. The fourth-order valence-electron chi connectivity index (χ4n) is 6.77. The Kier molecular flexibility index (Phi) is 5.34. The molecule has 0 unspecified atom stereocenters. The van der Waals surface area contributed by atoms with Crippen LogP contribution in [0.4, 0.5) is 0 Å². The summed E-state index contributed by atoms with van der Waals surface area (Å²) in [5, 5.41) is 6.35. The topological polar surface area (TPSA) is 22.8 Å². The summed E-state index contributed by atoms with van der Waals surface area (Å²) in [6.07, 6.45) is 0.979. The third-order valence-electron chi connectivity index (χ3n) is 8.69. The van der Waals surface area contributed by atoms with E-state index in [0.717, 1.165) is 28.9 Å². The van der Waals surface area contributed by atoms with Gasteiger partial charge in [-0.2, -0.15) is 0 Å². The highest BCUT2D eigenvalue weighted by Crippen LogP contribution is 2.47. The normalized spacial score (nSPS) is 11.9. The number of hydrogen-bond acceptors (Lipinski definition) is 2. The number of rotatable bonds is 4. The number of thiophene rings is 1. The maximum atomic E-state index is 5.21. The summed E-state index contributed by atoms with van der Waals surface area (Å²) >= 11 is 1.85. The van der Waals surface area contributed by atoms with Crippen molar-refractivity contribution in [1.29, 1.82) is 0 Å². The van der Waals surface area contributed by atoms with Crippen LogP contribution in [-0.4, -0.2) is 14.1 Å². The van der Waals surface area contributed by atoms with Crippen molar-refractivity contribution in [3.05, 3.63) is 139 Å². The van der Waals surface area contributed by atoms with Gasteiger partial charge in [-0.1, -0.05) is 91.9 Å². The van der Waals surface area contributed by atoms with Crippen LogP contribution in [0.25, 0.3) is 75.6 Å². The SMILES string of the molecule is CCc1cc2ccccc2n1-c1ccc(-n2c3ccccc3c3c4c(sc32)c(-c2ccccc2)nc2ccccc24)cc1. The molecule has 4 aromatic heterocycles. The highest BCUT2D eigenvalue weighted by atomic mass is 32.1. The van der Waals surface area contributed by atoms with Gasteiger partial charge in [0.05, 0.1) is 26.9 Å². The maximum absolute atomic E-state index is 5.21. The third kappa shape index (κ3) is 3.57. The molecule has 43 heavy (non-hydrogen) atoms. The molecule has 0 aliphatic carbocycles. The monoisotopic (exact) mass is 569 g/mol.